The summed E-state index contributed by atoms with van der Waals surface area (Å²) in [6.45, 7) is 5.71. The SMILES string of the molecule is CC[C@H](NC(CSC)C(=O)OCc1ccccc1)C(=O)OC(C)C. The predicted molar refractivity (Wildman–Crippen MR) is 96.9 cm³/mol. The van der Waals surface area contributed by atoms with Gasteiger partial charge in [-0.05, 0) is 32.1 Å². The molecule has 0 aliphatic carbocycles. The largest absolute Gasteiger partial charge is 0.462 e. The van der Waals surface area contributed by atoms with Gasteiger partial charge in [-0.2, -0.15) is 11.8 Å². The Balaban J connectivity index is 2.63. The first-order chi connectivity index (χ1) is 11.5. The summed E-state index contributed by atoms with van der Waals surface area (Å²) in [6.07, 6.45) is 2.27. The smallest absolute Gasteiger partial charge is 0.324 e. The van der Waals surface area contributed by atoms with E-state index in [1.807, 2.05) is 43.5 Å². The van der Waals surface area contributed by atoms with Crippen molar-refractivity contribution in [1.82, 2.24) is 5.32 Å². The van der Waals surface area contributed by atoms with E-state index in [2.05, 4.69) is 5.32 Å². The molecular formula is C18H27NO4S. The molecule has 1 aromatic carbocycles. The molecule has 134 valence electrons. The number of hydrogen-bond donors (Lipinski definition) is 1. The highest BCUT2D eigenvalue weighted by Gasteiger charge is 2.27. The Hall–Kier alpha value is -1.53. The Kier molecular flexibility index (Phi) is 9.49. The Labute approximate surface area is 148 Å². The second kappa shape index (κ2) is 11.1. The molecule has 0 saturated heterocycles. The second-order valence-corrected chi connectivity index (χ2v) is 6.63. The highest BCUT2D eigenvalue weighted by atomic mass is 32.2. The van der Waals surface area contributed by atoms with Crippen molar-refractivity contribution in [1.29, 1.82) is 0 Å². The predicted octanol–water partition coefficient (Wildman–Crippen LogP) is 2.78. The standard InChI is InChI=1S/C18H27NO4S/c1-5-15(18(21)23-13(2)3)19-16(12-24-4)17(20)22-11-14-9-7-6-8-10-14/h6-10,13,15-16,19H,5,11-12H2,1-4H3/t15-,16?/m0/s1. The van der Waals surface area contributed by atoms with Gasteiger partial charge in [0.15, 0.2) is 0 Å². The van der Waals surface area contributed by atoms with Gasteiger partial charge < -0.3 is 9.47 Å². The first-order valence-electron chi connectivity index (χ1n) is 8.14. The number of thioether (sulfide) groups is 1. The van der Waals surface area contributed by atoms with Crippen LogP contribution in [0.15, 0.2) is 30.3 Å². The highest BCUT2D eigenvalue weighted by Crippen LogP contribution is 2.08. The van der Waals surface area contributed by atoms with Gasteiger partial charge in [-0.1, -0.05) is 37.3 Å². The van der Waals surface area contributed by atoms with Gasteiger partial charge in [-0.25, -0.2) is 0 Å². The van der Waals surface area contributed by atoms with Crippen molar-refractivity contribution < 1.29 is 19.1 Å². The molecule has 5 nitrogen and oxygen atoms in total. The van der Waals surface area contributed by atoms with Gasteiger partial charge in [-0.15, -0.1) is 0 Å². The molecule has 0 aromatic heterocycles. The minimum absolute atomic E-state index is 0.183. The molecule has 0 aliphatic heterocycles. The van der Waals surface area contributed by atoms with Gasteiger partial charge in [-0.3, -0.25) is 14.9 Å². The first-order valence-corrected chi connectivity index (χ1v) is 9.53. The summed E-state index contributed by atoms with van der Waals surface area (Å²) < 4.78 is 10.6. The number of ether oxygens (including phenoxy) is 2. The molecule has 0 amide bonds. The summed E-state index contributed by atoms with van der Waals surface area (Å²) in [6, 6.07) is 8.45. The number of carbonyl (C=O) groups excluding carboxylic acids is 2. The van der Waals surface area contributed by atoms with Crippen molar-refractivity contribution in [2.75, 3.05) is 12.0 Å². The minimum Gasteiger partial charge on any atom is -0.462 e. The molecule has 0 fully saturated rings. The zero-order valence-corrected chi connectivity index (χ0v) is 15.6. The van der Waals surface area contributed by atoms with Gasteiger partial charge in [0.05, 0.1) is 6.10 Å². The number of rotatable bonds is 10. The van der Waals surface area contributed by atoms with Crippen LogP contribution in [0.25, 0.3) is 0 Å². The van der Waals surface area contributed by atoms with Crippen molar-refractivity contribution >= 4 is 23.7 Å². The molecule has 2 atom stereocenters. The van der Waals surface area contributed by atoms with E-state index in [0.717, 1.165) is 5.56 Å². The van der Waals surface area contributed by atoms with Crippen molar-refractivity contribution in [2.45, 2.75) is 52.0 Å². The van der Waals surface area contributed by atoms with Crippen LogP contribution in [-0.2, 0) is 25.7 Å². The minimum atomic E-state index is -0.548. The number of benzene rings is 1. The summed E-state index contributed by atoms with van der Waals surface area (Å²) >= 11 is 1.52. The van der Waals surface area contributed by atoms with Crippen LogP contribution in [0.1, 0.15) is 32.8 Å². The van der Waals surface area contributed by atoms with Gasteiger partial charge in [0, 0.05) is 5.75 Å². The number of esters is 2. The number of nitrogens with one attached hydrogen (secondary N) is 1. The van der Waals surface area contributed by atoms with E-state index in [1.165, 1.54) is 11.8 Å². The molecule has 0 heterocycles. The van der Waals surface area contributed by atoms with Crippen molar-refractivity contribution in [3.8, 4) is 0 Å². The van der Waals surface area contributed by atoms with Crippen LogP contribution in [0.4, 0.5) is 0 Å². The lowest BCUT2D eigenvalue weighted by Crippen LogP contribution is -2.49. The zero-order valence-electron chi connectivity index (χ0n) is 14.8. The van der Waals surface area contributed by atoms with E-state index in [0.29, 0.717) is 12.2 Å². The molecule has 0 spiro atoms. The van der Waals surface area contributed by atoms with Crippen LogP contribution in [0.3, 0.4) is 0 Å². The van der Waals surface area contributed by atoms with Crippen molar-refractivity contribution in [2.24, 2.45) is 0 Å². The first kappa shape index (κ1) is 20.5. The van der Waals surface area contributed by atoms with Crippen LogP contribution in [0.2, 0.25) is 0 Å². The molecule has 0 radical (unpaired) electrons. The summed E-state index contributed by atoms with van der Waals surface area (Å²) in [7, 11) is 0. The summed E-state index contributed by atoms with van der Waals surface area (Å²) in [5.41, 5.74) is 0.931. The van der Waals surface area contributed by atoms with Crippen LogP contribution in [0, 0.1) is 0 Å². The maximum Gasteiger partial charge on any atom is 0.324 e. The third-order valence-electron chi connectivity index (χ3n) is 3.29. The van der Waals surface area contributed by atoms with Crippen molar-refractivity contribution in [3.63, 3.8) is 0 Å². The van der Waals surface area contributed by atoms with E-state index < -0.39 is 12.1 Å². The molecule has 0 saturated carbocycles. The molecular weight excluding hydrogens is 326 g/mol. The summed E-state index contributed by atoms with van der Waals surface area (Å²) in [4.78, 5) is 24.4. The lowest BCUT2D eigenvalue weighted by molar-refractivity contribution is -0.152. The molecule has 1 unspecified atom stereocenters. The van der Waals surface area contributed by atoms with Gasteiger partial charge in [0.1, 0.15) is 18.7 Å². The Morgan fingerprint density at radius 3 is 2.33 bits per heavy atom. The maximum absolute atomic E-state index is 12.4. The Bertz CT molecular complexity index is 507. The van der Waals surface area contributed by atoms with Crippen LogP contribution >= 0.6 is 11.8 Å². The van der Waals surface area contributed by atoms with E-state index in [9.17, 15) is 9.59 Å². The maximum atomic E-state index is 12.4. The Morgan fingerprint density at radius 1 is 1.12 bits per heavy atom. The zero-order chi connectivity index (χ0) is 17.9. The summed E-state index contributed by atoms with van der Waals surface area (Å²) in [5.74, 6) is -0.169. The fourth-order valence-electron chi connectivity index (χ4n) is 2.09. The van der Waals surface area contributed by atoms with Crippen molar-refractivity contribution in [3.05, 3.63) is 35.9 Å². The van der Waals surface area contributed by atoms with E-state index in [4.69, 9.17) is 9.47 Å². The lowest BCUT2D eigenvalue weighted by Gasteiger charge is -2.23. The Morgan fingerprint density at radius 2 is 1.79 bits per heavy atom. The molecule has 0 aliphatic rings. The molecule has 6 heteroatoms. The second-order valence-electron chi connectivity index (χ2n) is 5.71. The van der Waals surface area contributed by atoms with E-state index in [1.54, 1.807) is 13.8 Å². The fourth-order valence-corrected chi connectivity index (χ4v) is 2.66. The topological polar surface area (TPSA) is 64.6 Å². The average molecular weight is 353 g/mol. The number of carbonyl (C=O) groups is 2. The molecule has 1 aromatic rings. The molecule has 24 heavy (non-hydrogen) atoms. The van der Waals surface area contributed by atoms with Crippen LogP contribution in [0.5, 0.6) is 0 Å². The van der Waals surface area contributed by atoms with Crippen LogP contribution < -0.4 is 5.32 Å². The van der Waals surface area contributed by atoms with Crippen LogP contribution in [-0.4, -0.2) is 42.1 Å². The van der Waals surface area contributed by atoms with E-state index in [-0.39, 0.29) is 24.6 Å². The molecule has 1 rings (SSSR count). The third kappa shape index (κ3) is 7.36. The van der Waals surface area contributed by atoms with E-state index >= 15 is 0 Å². The lowest BCUT2D eigenvalue weighted by atomic mass is 10.2. The average Bonchev–Trinajstić information content (AvgIpc) is 2.56. The quantitative estimate of drug-likeness (QED) is 0.653. The third-order valence-corrected chi connectivity index (χ3v) is 3.96. The van der Waals surface area contributed by atoms with Gasteiger partial charge in [0.25, 0.3) is 0 Å². The fraction of sp³-hybridized carbons (Fsp3) is 0.556. The number of hydrogen-bond acceptors (Lipinski definition) is 6. The van der Waals surface area contributed by atoms with Gasteiger partial charge >= 0.3 is 11.9 Å². The monoisotopic (exact) mass is 353 g/mol. The normalized spacial score (nSPS) is 13.4. The summed E-state index contributed by atoms with van der Waals surface area (Å²) in [5, 5.41) is 3.08. The molecule has 0 bridgehead atoms. The highest BCUT2D eigenvalue weighted by molar-refractivity contribution is 7.98. The molecule has 1 N–H and O–H groups in total. The van der Waals surface area contributed by atoms with Gasteiger partial charge in [0.2, 0.25) is 0 Å².